The zero-order valence-corrected chi connectivity index (χ0v) is 16.3. The molecular formula is C18H30O10. The minimum absolute atomic E-state index is 0.0739. The van der Waals surface area contributed by atoms with Crippen LogP contribution in [-0.2, 0) is 28.7 Å². The monoisotopic (exact) mass is 406 g/mol. The second-order valence-electron chi connectivity index (χ2n) is 5.41. The van der Waals surface area contributed by atoms with Crippen LogP contribution in [0.1, 0.15) is 71.6 Å². The lowest BCUT2D eigenvalue weighted by Crippen LogP contribution is -2.03. The van der Waals surface area contributed by atoms with E-state index in [9.17, 15) is 19.2 Å². The van der Waals surface area contributed by atoms with E-state index in [-0.39, 0.29) is 25.7 Å². The van der Waals surface area contributed by atoms with Crippen LogP contribution in [0.3, 0.4) is 0 Å². The molecule has 0 saturated heterocycles. The summed E-state index contributed by atoms with van der Waals surface area (Å²) < 4.78 is 4.72. The van der Waals surface area contributed by atoms with Crippen molar-refractivity contribution < 1.29 is 49.1 Å². The van der Waals surface area contributed by atoms with Gasteiger partial charge in [0.1, 0.15) is 0 Å². The summed E-state index contributed by atoms with van der Waals surface area (Å²) in [5.41, 5.74) is 0. The summed E-state index contributed by atoms with van der Waals surface area (Å²) in [5.74, 6) is -4.47. The number of carbonyl (C=O) groups excluding carboxylic acids is 1. The predicted octanol–water partition coefficient (Wildman–Crippen LogP) is 2.91. The summed E-state index contributed by atoms with van der Waals surface area (Å²) in [6.45, 7) is 3.24. The third kappa shape index (κ3) is 43.5. The van der Waals surface area contributed by atoms with Gasteiger partial charge in [-0.2, -0.15) is 0 Å². The first kappa shape index (κ1) is 29.8. The Hall–Kier alpha value is -2.91. The van der Waals surface area contributed by atoms with E-state index in [2.05, 4.69) is 6.92 Å². The fourth-order valence-corrected chi connectivity index (χ4v) is 1.36. The maximum atomic E-state index is 10.9. The molecule has 0 aromatic carbocycles. The molecule has 0 heterocycles. The highest BCUT2D eigenvalue weighted by Gasteiger charge is 2.04. The molecule has 0 rings (SSSR count). The molecule has 28 heavy (non-hydrogen) atoms. The first-order valence-corrected chi connectivity index (χ1v) is 8.72. The van der Waals surface area contributed by atoms with Crippen LogP contribution < -0.4 is 0 Å². The van der Waals surface area contributed by atoms with Crippen molar-refractivity contribution in [1.82, 2.24) is 0 Å². The fourth-order valence-electron chi connectivity index (χ4n) is 1.36. The Balaban J connectivity index is -0.000000431. The smallest absolute Gasteiger partial charge is 0.311 e. The van der Waals surface area contributed by atoms with E-state index in [1.165, 1.54) is 25.5 Å². The molecule has 0 aliphatic heterocycles. The van der Waals surface area contributed by atoms with Crippen LogP contribution in [0.5, 0.6) is 0 Å². The lowest BCUT2D eigenvalue weighted by atomic mass is 10.1. The second-order valence-corrected chi connectivity index (χ2v) is 5.41. The summed E-state index contributed by atoms with van der Waals surface area (Å²) in [7, 11) is 0. The number of aliphatic carboxylic acids is 4. The fraction of sp³-hybridized carbons (Fsp3) is 0.611. The predicted molar refractivity (Wildman–Crippen MR) is 98.7 cm³/mol. The molecule has 0 atom stereocenters. The van der Waals surface area contributed by atoms with Crippen molar-refractivity contribution in [2.24, 2.45) is 0 Å². The van der Waals surface area contributed by atoms with Crippen LogP contribution in [0.15, 0.2) is 12.3 Å². The average Bonchev–Trinajstić information content (AvgIpc) is 2.57. The van der Waals surface area contributed by atoms with Gasteiger partial charge >= 0.3 is 23.9 Å². The van der Waals surface area contributed by atoms with Gasteiger partial charge in [0.25, 0.3) is 5.97 Å². The van der Waals surface area contributed by atoms with E-state index >= 15 is 0 Å². The van der Waals surface area contributed by atoms with Gasteiger partial charge in [0.05, 0.1) is 31.9 Å². The third-order valence-electron chi connectivity index (χ3n) is 2.62. The summed E-state index contributed by atoms with van der Waals surface area (Å²) in [5, 5.41) is 31.5. The Morgan fingerprint density at radius 3 is 1.57 bits per heavy atom. The number of esters is 1. The van der Waals surface area contributed by atoms with E-state index in [4.69, 9.17) is 30.0 Å². The Kier molecular flexibility index (Phi) is 23.6. The molecule has 162 valence electrons. The maximum absolute atomic E-state index is 10.9. The van der Waals surface area contributed by atoms with Crippen molar-refractivity contribution >= 4 is 29.8 Å². The lowest BCUT2D eigenvalue weighted by molar-refractivity contribution is -0.144. The highest BCUT2D eigenvalue weighted by Crippen LogP contribution is 2.03. The molecule has 0 unspecified atom stereocenters. The van der Waals surface area contributed by atoms with Crippen LogP contribution >= 0.6 is 0 Å². The zero-order chi connectivity index (χ0) is 22.4. The lowest BCUT2D eigenvalue weighted by Gasteiger charge is -1.97. The molecule has 4 N–H and O–H groups in total. The number of carbonyl (C=O) groups is 5. The average molecular weight is 406 g/mol. The molecule has 0 amide bonds. The van der Waals surface area contributed by atoms with Crippen molar-refractivity contribution in [3.8, 4) is 0 Å². The molecule has 10 heteroatoms. The van der Waals surface area contributed by atoms with Crippen molar-refractivity contribution in [2.75, 3.05) is 0 Å². The Morgan fingerprint density at radius 2 is 1.18 bits per heavy atom. The number of hydrogen-bond acceptors (Lipinski definition) is 6. The highest BCUT2D eigenvalue weighted by molar-refractivity contribution is 5.76. The minimum Gasteiger partial charge on any atom is -0.481 e. The molecular weight excluding hydrogens is 376 g/mol. The molecule has 0 aliphatic carbocycles. The summed E-state index contributed by atoms with van der Waals surface area (Å²) >= 11 is 0. The molecule has 0 radical (unpaired) electrons. The first-order chi connectivity index (χ1) is 13.0. The third-order valence-corrected chi connectivity index (χ3v) is 2.62. The maximum Gasteiger partial charge on any atom is 0.311 e. The molecule has 0 fully saturated rings. The molecule has 0 bridgehead atoms. The van der Waals surface area contributed by atoms with Gasteiger partial charge in [-0.1, -0.05) is 26.2 Å². The van der Waals surface area contributed by atoms with E-state index in [0.29, 0.717) is 0 Å². The molecule has 0 aromatic rings. The minimum atomic E-state index is -1.08. The quantitative estimate of drug-likeness (QED) is 0.214. The van der Waals surface area contributed by atoms with Gasteiger partial charge in [0.2, 0.25) is 0 Å². The molecule has 0 saturated carbocycles. The van der Waals surface area contributed by atoms with E-state index < -0.39 is 29.8 Å². The van der Waals surface area contributed by atoms with Crippen LogP contribution in [0.25, 0.3) is 0 Å². The number of hydrogen-bond donors (Lipinski definition) is 4. The van der Waals surface area contributed by atoms with E-state index in [0.717, 1.165) is 19.8 Å². The Morgan fingerprint density at radius 1 is 0.750 bits per heavy atom. The topological polar surface area (TPSA) is 175 Å². The SMILES string of the molecule is CC(=O)O.CCCCCCC=COC(=O)CCC(=O)O.O=C(O)CCC(=O)O. The van der Waals surface area contributed by atoms with Gasteiger partial charge in [-0.3, -0.25) is 24.0 Å². The number of rotatable bonds is 12. The van der Waals surface area contributed by atoms with Gasteiger partial charge in [-0.25, -0.2) is 0 Å². The van der Waals surface area contributed by atoms with Gasteiger partial charge in [-0.05, 0) is 18.9 Å². The van der Waals surface area contributed by atoms with Crippen molar-refractivity contribution in [2.45, 2.75) is 71.6 Å². The first-order valence-electron chi connectivity index (χ1n) is 8.72. The van der Waals surface area contributed by atoms with Gasteiger partial charge in [0, 0.05) is 6.92 Å². The summed E-state index contributed by atoms with van der Waals surface area (Å²) in [4.78, 5) is 49.4. The van der Waals surface area contributed by atoms with Crippen molar-refractivity contribution in [3.05, 3.63) is 12.3 Å². The van der Waals surface area contributed by atoms with Gasteiger partial charge in [0.15, 0.2) is 0 Å². The molecule has 0 aromatic heterocycles. The number of unbranched alkanes of at least 4 members (excludes halogenated alkanes) is 4. The summed E-state index contributed by atoms with van der Waals surface area (Å²) in [6, 6.07) is 0. The highest BCUT2D eigenvalue weighted by atomic mass is 16.5. The van der Waals surface area contributed by atoms with Crippen LogP contribution in [0.2, 0.25) is 0 Å². The normalized spacial score (nSPS) is 9.36. The van der Waals surface area contributed by atoms with Crippen LogP contribution in [-0.4, -0.2) is 50.3 Å². The molecule has 0 spiro atoms. The number of carboxylic acid groups (broad SMARTS) is 4. The molecule has 0 aliphatic rings. The van der Waals surface area contributed by atoms with Crippen molar-refractivity contribution in [3.63, 3.8) is 0 Å². The van der Waals surface area contributed by atoms with Crippen LogP contribution in [0, 0.1) is 0 Å². The standard InChI is InChI=1S/C12H20O4.C4H6O4.C2H4O2/c1-2-3-4-5-6-7-10-16-12(15)9-8-11(13)14;5-3(6)1-2-4(7)8;1-2(3)4/h7,10H,2-6,8-9H2,1H3,(H,13,14);1-2H2,(H,5,6)(H,7,8);1H3,(H,3,4). The summed E-state index contributed by atoms with van der Waals surface area (Å²) in [6.07, 6.45) is 7.92. The van der Waals surface area contributed by atoms with Crippen molar-refractivity contribution in [1.29, 1.82) is 0 Å². The second kappa shape index (κ2) is 22.1. The largest absolute Gasteiger partial charge is 0.481 e. The van der Waals surface area contributed by atoms with Gasteiger partial charge in [-0.15, -0.1) is 0 Å². The Labute approximate surface area is 163 Å². The number of ether oxygens (including phenoxy) is 1. The zero-order valence-electron chi connectivity index (χ0n) is 16.3. The van der Waals surface area contributed by atoms with Crippen LogP contribution in [0.4, 0.5) is 0 Å². The van der Waals surface area contributed by atoms with E-state index in [1.807, 2.05) is 0 Å². The van der Waals surface area contributed by atoms with E-state index in [1.54, 1.807) is 6.08 Å². The van der Waals surface area contributed by atoms with Gasteiger partial charge < -0.3 is 25.2 Å². The molecule has 10 nitrogen and oxygen atoms in total. The number of allylic oxidation sites excluding steroid dienone is 1. The number of carboxylic acids is 4. The Bertz CT molecular complexity index is 479.